The molecule has 0 aliphatic heterocycles. The second kappa shape index (κ2) is 8.22. The normalized spacial score (nSPS) is 11.3. The minimum Gasteiger partial charge on any atom is -0.483 e. The van der Waals surface area contributed by atoms with Crippen LogP contribution in [0.25, 0.3) is 21.7 Å². The summed E-state index contributed by atoms with van der Waals surface area (Å²) in [5, 5.41) is 5.08. The molecule has 142 valence electrons. The van der Waals surface area contributed by atoms with Crippen LogP contribution in [-0.2, 0) is 4.79 Å². The van der Waals surface area contributed by atoms with Gasteiger partial charge in [-0.1, -0.05) is 18.2 Å². The minimum atomic E-state index is -0.378. The topological polar surface area (TPSA) is 71.8 Å². The summed E-state index contributed by atoms with van der Waals surface area (Å²) in [5.41, 5.74) is 0.815. The maximum absolute atomic E-state index is 12.2. The van der Waals surface area contributed by atoms with Crippen molar-refractivity contribution in [2.24, 2.45) is 0 Å². The quantitative estimate of drug-likeness (QED) is 0.394. The molecule has 0 unspecified atom stereocenters. The predicted molar refractivity (Wildman–Crippen MR) is 106 cm³/mol. The number of amides is 1. The van der Waals surface area contributed by atoms with Crippen LogP contribution in [0, 0.1) is 6.92 Å². The molecule has 6 heteroatoms. The average Bonchev–Trinajstić information content (AvgIpc) is 2.65. The first-order valence-electron chi connectivity index (χ1n) is 8.97. The lowest BCUT2D eigenvalue weighted by atomic mass is 10.0. The molecule has 3 aromatic rings. The van der Waals surface area contributed by atoms with Gasteiger partial charge < -0.3 is 19.4 Å². The fourth-order valence-corrected chi connectivity index (χ4v) is 3.03. The monoisotopic (exact) mass is 368 g/mol. The summed E-state index contributed by atoms with van der Waals surface area (Å²) in [7, 11) is 3.99. The Bertz CT molecular complexity index is 1020. The number of aryl methyl sites for hydroxylation is 1. The third-order valence-corrected chi connectivity index (χ3v) is 4.45. The average molecular weight is 368 g/mol. The summed E-state index contributed by atoms with van der Waals surface area (Å²) in [6, 6.07) is 11.0. The van der Waals surface area contributed by atoms with E-state index in [4.69, 9.17) is 9.15 Å². The van der Waals surface area contributed by atoms with Gasteiger partial charge in [0.05, 0.1) is 5.39 Å². The van der Waals surface area contributed by atoms with Crippen LogP contribution in [0.5, 0.6) is 5.75 Å². The molecule has 1 heterocycles. The largest absolute Gasteiger partial charge is 0.483 e. The maximum Gasteiger partial charge on any atom is 0.344 e. The van der Waals surface area contributed by atoms with Crippen LogP contribution in [0.15, 0.2) is 45.6 Å². The van der Waals surface area contributed by atoms with Gasteiger partial charge >= 0.3 is 5.63 Å². The van der Waals surface area contributed by atoms with Crippen molar-refractivity contribution in [1.82, 2.24) is 10.2 Å². The molecule has 3 rings (SSSR count). The van der Waals surface area contributed by atoms with Crippen molar-refractivity contribution in [1.29, 1.82) is 0 Å². The number of carbonyl (C=O) groups excluding carboxylic acids is 1. The van der Waals surface area contributed by atoms with Crippen LogP contribution >= 0.6 is 0 Å². The van der Waals surface area contributed by atoms with Crippen molar-refractivity contribution in [3.05, 3.63) is 52.4 Å². The van der Waals surface area contributed by atoms with E-state index in [1.165, 1.54) is 0 Å². The molecule has 0 atom stereocenters. The third-order valence-electron chi connectivity index (χ3n) is 4.45. The summed E-state index contributed by atoms with van der Waals surface area (Å²) in [6.45, 7) is 3.27. The molecule has 0 fully saturated rings. The van der Waals surface area contributed by atoms with Gasteiger partial charge in [-0.15, -0.1) is 0 Å². The summed E-state index contributed by atoms with van der Waals surface area (Å²) in [4.78, 5) is 26.3. The number of hydrogen-bond acceptors (Lipinski definition) is 5. The lowest BCUT2D eigenvalue weighted by Gasteiger charge is -2.12. The Kier molecular flexibility index (Phi) is 5.76. The standard InChI is InChI=1S/C21H24N2O4/c1-14-18(26-13-19(24)22-11-6-12-23(2)3)10-9-16-15-7-4-5-8-17(15)21(25)27-20(14)16/h4-5,7-10H,6,11-13H2,1-3H3,(H,22,24). The number of fused-ring (bicyclic) bond motifs is 3. The highest BCUT2D eigenvalue weighted by Crippen LogP contribution is 2.30. The van der Waals surface area contributed by atoms with Crippen molar-refractivity contribution < 1.29 is 13.9 Å². The smallest absolute Gasteiger partial charge is 0.344 e. The van der Waals surface area contributed by atoms with Crippen LogP contribution in [0.2, 0.25) is 0 Å². The van der Waals surface area contributed by atoms with Crippen molar-refractivity contribution in [3.8, 4) is 5.75 Å². The van der Waals surface area contributed by atoms with Crippen LogP contribution in [0.3, 0.4) is 0 Å². The highest BCUT2D eigenvalue weighted by atomic mass is 16.5. The Labute approximate surface area is 157 Å². The predicted octanol–water partition coefficient (Wildman–Crippen LogP) is 2.70. The van der Waals surface area contributed by atoms with E-state index in [1.54, 1.807) is 6.07 Å². The highest BCUT2D eigenvalue weighted by Gasteiger charge is 2.13. The van der Waals surface area contributed by atoms with E-state index in [0.29, 0.717) is 28.8 Å². The van der Waals surface area contributed by atoms with Gasteiger partial charge in [0.2, 0.25) is 0 Å². The first kappa shape index (κ1) is 18.9. The molecule has 2 aromatic carbocycles. The number of benzene rings is 2. The lowest BCUT2D eigenvalue weighted by Crippen LogP contribution is -2.31. The number of nitrogens with one attached hydrogen (secondary N) is 1. The number of ether oxygens (including phenoxy) is 1. The molecule has 27 heavy (non-hydrogen) atoms. The van der Waals surface area contributed by atoms with Crippen molar-refractivity contribution >= 4 is 27.6 Å². The summed E-state index contributed by atoms with van der Waals surface area (Å²) in [6.07, 6.45) is 0.881. The number of nitrogens with zero attached hydrogens (tertiary/aromatic N) is 1. The van der Waals surface area contributed by atoms with Crippen molar-refractivity contribution in [2.75, 3.05) is 33.8 Å². The Morgan fingerprint density at radius 2 is 1.85 bits per heavy atom. The van der Waals surface area contributed by atoms with E-state index >= 15 is 0 Å². The fourth-order valence-electron chi connectivity index (χ4n) is 3.03. The van der Waals surface area contributed by atoms with Crippen LogP contribution in [0.4, 0.5) is 0 Å². The van der Waals surface area contributed by atoms with Gasteiger partial charge in [0.15, 0.2) is 6.61 Å². The molecular weight excluding hydrogens is 344 g/mol. The molecular formula is C21H24N2O4. The number of rotatable bonds is 7. The van der Waals surface area contributed by atoms with Gasteiger partial charge in [-0.05, 0) is 57.6 Å². The highest BCUT2D eigenvalue weighted by molar-refractivity contribution is 6.05. The van der Waals surface area contributed by atoms with Crippen LogP contribution in [-0.4, -0.2) is 44.6 Å². The van der Waals surface area contributed by atoms with Gasteiger partial charge in [-0.2, -0.15) is 0 Å². The van der Waals surface area contributed by atoms with E-state index in [0.717, 1.165) is 23.7 Å². The zero-order valence-corrected chi connectivity index (χ0v) is 15.9. The third kappa shape index (κ3) is 4.28. The molecule has 0 spiro atoms. The maximum atomic E-state index is 12.2. The van der Waals surface area contributed by atoms with E-state index in [2.05, 4.69) is 10.2 Å². The Morgan fingerprint density at radius 1 is 1.11 bits per heavy atom. The SMILES string of the molecule is Cc1c(OCC(=O)NCCCN(C)C)ccc2c1oc(=O)c1ccccc12. The van der Waals surface area contributed by atoms with Gasteiger partial charge in [-0.3, -0.25) is 4.79 Å². The zero-order valence-electron chi connectivity index (χ0n) is 15.9. The number of carbonyl (C=O) groups is 1. The van der Waals surface area contributed by atoms with Gasteiger partial charge in [0.1, 0.15) is 11.3 Å². The van der Waals surface area contributed by atoms with E-state index in [1.807, 2.05) is 51.4 Å². The molecule has 0 aliphatic rings. The fraction of sp³-hybridized carbons (Fsp3) is 0.333. The molecule has 1 amide bonds. The summed E-state index contributed by atoms with van der Waals surface area (Å²) < 4.78 is 11.2. The van der Waals surface area contributed by atoms with Gasteiger partial charge in [0, 0.05) is 17.5 Å². The Morgan fingerprint density at radius 3 is 2.59 bits per heavy atom. The minimum absolute atomic E-state index is 0.0773. The van der Waals surface area contributed by atoms with E-state index in [-0.39, 0.29) is 18.1 Å². The Balaban J connectivity index is 1.75. The summed E-state index contributed by atoms with van der Waals surface area (Å²) >= 11 is 0. The second-order valence-electron chi connectivity index (χ2n) is 6.80. The summed E-state index contributed by atoms with van der Waals surface area (Å²) in [5.74, 6) is 0.359. The first-order valence-corrected chi connectivity index (χ1v) is 8.97. The van der Waals surface area contributed by atoms with Gasteiger partial charge in [0.25, 0.3) is 5.91 Å². The molecule has 0 radical (unpaired) electrons. The molecule has 1 aromatic heterocycles. The van der Waals surface area contributed by atoms with E-state index < -0.39 is 0 Å². The molecule has 0 bridgehead atoms. The molecule has 0 saturated heterocycles. The second-order valence-corrected chi connectivity index (χ2v) is 6.80. The molecule has 0 saturated carbocycles. The van der Waals surface area contributed by atoms with Crippen molar-refractivity contribution in [2.45, 2.75) is 13.3 Å². The van der Waals surface area contributed by atoms with E-state index in [9.17, 15) is 9.59 Å². The zero-order chi connectivity index (χ0) is 19.4. The molecule has 0 aliphatic carbocycles. The Hall–Kier alpha value is -2.86. The lowest BCUT2D eigenvalue weighted by molar-refractivity contribution is -0.123. The van der Waals surface area contributed by atoms with Crippen LogP contribution in [0.1, 0.15) is 12.0 Å². The molecule has 1 N–H and O–H groups in total. The first-order chi connectivity index (χ1) is 13.0. The number of hydrogen-bond donors (Lipinski definition) is 1. The molecule has 6 nitrogen and oxygen atoms in total. The van der Waals surface area contributed by atoms with Crippen LogP contribution < -0.4 is 15.7 Å². The van der Waals surface area contributed by atoms with Crippen molar-refractivity contribution in [3.63, 3.8) is 0 Å². The van der Waals surface area contributed by atoms with Gasteiger partial charge in [-0.25, -0.2) is 4.79 Å².